The van der Waals surface area contributed by atoms with Crippen LogP contribution in [0.1, 0.15) is 25.1 Å². The fourth-order valence-electron chi connectivity index (χ4n) is 2.04. The van der Waals surface area contributed by atoms with Gasteiger partial charge in [0, 0.05) is 26.2 Å². The van der Waals surface area contributed by atoms with Gasteiger partial charge in [0.25, 0.3) is 0 Å². The highest BCUT2D eigenvalue weighted by atomic mass is 15.1. The van der Waals surface area contributed by atoms with E-state index in [-0.39, 0.29) is 0 Å². The summed E-state index contributed by atoms with van der Waals surface area (Å²) >= 11 is 0. The molecule has 18 heavy (non-hydrogen) atoms. The first-order chi connectivity index (χ1) is 8.58. The van der Waals surface area contributed by atoms with Gasteiger partial charge < -0.3 is 16.0 Å². The number of nitrogens with two attached hydrogens (primary N) is 1. The predicted octanol–water partition coefficient (Wildman–Crippen LogP) is 1.53. The summed E-state index contributed by atoms with van der Waals surface area (Å²) in [6, 6.07) is 2.21. The summed E-state index contributed by atoms with van der Waals surface area (Å²) in [6.07, 6.45) is 1.96. The molecule has 4 heteroatoms. The van der Waals surface area contributed by atoms with Crippen LogP contribution in [0.15, 0.2) is 12.3 Å². The van der Waals surface area contributed by atoms with E-state index in [1.807, 2.05) is 13.2 Å². The van der Waals surface area contributed by atoms with Gasteiger partial charge in [-0.05, 0) is 31.5 Å². The highest BCUT2D eigenvalue weighted by molar-refractivity contribution is 5.47. The number of rotatable bonds is 7. The second-order valence-corrected chi connectivity index (χ2v) is 5.12. The fraction of sp³-hybridized carbons (Fsp3) is 0.643. The van der Waals surface area contributed by atoms with Crippen LogP contribution in [0.25, 0.3) is 0 Å². The highest BCUT2D eigenvalue weighted by Gasteiger charge is 2.10. The van der Waals surface area contributed by atoms with E-state index in [2.05, 4.69) is 42.0 Å². The molecule has 0 aliphatic rings. The summed E-state index contributed by atoms with van der Waals surface area (Å²) in [5, 5.41) is 3.13. The number of nitrogens with zero attached hydrogens (tertiary/aromatic N) is 2. The van der Waals surface area contributed by atoms with Crippen molar-refractivity contribution in [2.45, 2.75) is 27.3 Å². The lowest BCUT2D eigenvalue weighted by Crippen LogP contribution is -2.32. The van der Waals surface area contributed by atoms with Crippen molar-refractivity contribution in [1.29, 1.82) is 0 Å². The molecule has 0 aromatic carbocycles. The summed E-state index contributed by atoms with van der Waals surface area (Å²) in [7, 11) is 1.94. The van der Waals surface area contributed by atoms with Crippen LogP contribution < -0.4 is 16.0 Å². The van der Waals surface area contributed by atoms with Crippen molar-refractivity contribution in [2.75, 3.05) is 31.6 Å². The third-order valence-corrected chi connectivity index (χ3v) is 2.87. The predicted molar refractivity (Wildman–Crippen MR) is 77.8 cm³/mol. The maximum absolute atomic E-state index is 5.69. The average Bonchev–Trinajstić information content (AvgIpc) is 2.31. The van der Waals surface area contributed by atoms with Crippen molar-refractivity contribution in [3.05, 3.63) is 23.5 Å². The van der Waals surface area contributed by atoms with Gasteiger partial charge in [-0.15, -0.1) is 0 Å². The molecule has 0 aliphatic heterocycles. The zero-order valence-electron chi connectivity index (χ0n) is 12.0. The van der Waals surface area contributed by atoms with E-state index in [9.17, 15) is 0 Å². The van der Waals surface area contributed by atoms with Crippen molar-refractivity contribution < 1.29 is 0 Å². The van der Waals surface area contributed by atoms with Crippen molar-refractivity contribution in [3.8, 4) is 0 Å². The molecule has 0 fully saturated rings. The third kappa shape index (κ3) is 4.27. The Balaban J connectivity index is 2.88. The molecule has 102 valence electrons. The first-order valence-corrected chi connectivity index (χ1v) is 6.63. The van der Waals surface area contributed by atoms with Crippen LogP contribution in [0.3, 0.4) is 0 Å². The van der Waals surface area contributed by atoms with Crippen LogP contribution in [-0.4, -0.2) is 31.7 Å². The van der Waals surface area contributed by atoms with Gasteiger partial charge in [0.15, 0.2) is 0 Å². The Kier molecular flexibility index (Phi) is 6.09. The quantitative estimate of drug-likeness (QED) is 0.770. The molecule has 0 unspecified atom stereocenters. The lowest BCUT2D eigenvalue weighted by Gasteiger charge is -2.26. The Morgan fingerprint density at radius 2 is 2.17 bits per heavy atom. The molecule has 0 saturated heterocycles. The van der Waals surface area contributed by atoms with Gasteiger partial charge in [0.1, 0.15) is 0 Å². The summed E-state index contributed by atoms with van der Waals surface area (Å²) < 4.78 is 0. The Morgan fingerprint density at radius 3 is 2.67 bits per heavy atom. The van der Waals surface area contributed by atoms with Gasteiger partial charge in [-0.25, -0.2) is 0 Å². The van der Waals surface area contributed by atoms with Gasteiger partial charge in [-0.1, -0.05) is 13.8 Å². The minimum atomic E-state index is 0.619. The fourth-order valence-corrected chi connectivity index (χ4v) is 2.04. The number of aryl methyl sites for hydroxylation is 1. The lowest BCUT2D eigenvalue weighted by molar-refractivity contribution is 0.610. The third-order valence-electron chi connectivity index (χ3n) is 2.87. The summed E-state index contributed by atoms with van der Waals surface area (Å²) in [6.45, 7) is 9.93. The molecule has 0 radical (unpaired) electrons. The molecule has 4 nitrogen and oxygen atoms in total. The van der Waals surface area contributed by atoms with E-state index < -0.39 is 0 Å². The number of aromatic nitrogens is 1. The molecular weight excluding hydrogens is 224 g/mol. The number of nitrogens with one attached hydrogen (secondary N) is 1. The van der Waals surface area contributed by atoms with Crippen molar-refractivity contribution in [1.82, 2.24) is 10.3 Å². The standard InChI is InChI=1S/C14H26N4/c1-11(2)10-18(6-5-15)13-7-12(3)14(9-16-4)17-8-13/h7-8,11,16H,5-6,9-10,15H2,1-4H3. The SMILES string of the molecule is CNCc1ncc(N(CCN)CC(C)C)cc1C. The molecule has 0 aliphatic carbocycles. The molecular formula is C14H26N4. The van der Waals surface area contributed by atoms with E-state index in [0.717, 1.165) is 25.3 Å². The monoisotopic (exact) mass is 250 g/mol. The minimum Gasteiger partial charge on any atom is -0.369 e. The second kappa shape index (κ2) is 7.34. The van der Waals surface area contributed by atoms with Crippen LogP contribution in [0, 0.1) is 12.8 Å². The van der Waals surface area contributed by atoms with Gasteiger partial charge >= 0.3 is 0 Å². The zero-order valence-corrected chi connectivity index (χ0v) is 12.0. The molecule has 3 N–H and O–H groups in total. The smallest absolute Gasteiger partial charge is 0.0572 e. The highest BCUT2D eigenvalue weighted by Crippen LogP contribution is 2.18. The Hall–Kier alpha value is -1.13. The summed E-state index contributed by atoms with van der Waals surface area (Å²) in [5.41, 5.74) is 9.20. The van der Waals surface area contributed by atoms with Gasteiger partial charge in [0.05, 0.1) is 17.6 Å². The maximum atomic E-state index is 5.69. The average molecular weight is 250 g/mol. The first kappa shape index (κ1) is 14.9. The largest absolute Gasteiger partial charge is 0.369 e. The summed E-state index contributed by atoms with van der Waals surface area (Å²) in [5.74, 6) is 0.619. The molecule has 0 bridgehead atoms. The Labute approximate surface area is 111 Å². The molecule has 0 spiro atoms. The van der Waals surface area contributed by atoms with Crippen LogP contribution in [-0.2, 0) is 6.54 Å². The lowest BCUT2D eigenvalue weighted by atomic mass is 10.1. The number of hydrogen-bond acceptors (Lipinski definition) is 4. The van der Waals surface area contributed by atoms with E-state index >= 15 is 0 Å². The van der Waals surface area contributed by atoms with Gasteiger partial charge in [-0.2, -0.15) is 0 Å². The van der Waals surface area contributed by atoms with Crippen LogP contribution in [0.4, 0.5) is 5.69 Å². The molecule has 1 heterocycles. The second-order valence-electron chi connectivity index (χ2n) is 5.12. The molecule has 0 saturated carbocycles. The van der Waals surface area contributed by atoms with E-state index in [1.54, 1.807) is 0 Å². The van der Waals surface area contributed by atoms with E-state index in [4.69, 9.17) is 5.73 Å². The topological polar surface area (TPSA) is 54.2 Å². The zero-order chi connectivity index (χ0) is 13.5. The summed E-state index contributed by atoms with van der Waals surface area (Å²) in [4.78, 5) is 6.85. The maximum Gasteiger partial charge on any atom is 0.0572 e. The van der Waals surface area contributed by atoms with Gasteiger partial charge in [-0.3, -0.25) is 4.98 Å². The van der Waals surface area contributed by atoms with Gasteiger partial charge in [0.2, 0.25) is 0 Å². The van der Waals surface area contributed by atoms with Crippen LogP contribution >= 0.6 is 0 Å². The molecule has 0 amide bonds. The molecule has 0 atom stereocenters. The molecule has 1 aromatic rings. The Bertz CT molecular complexity index is 363. The number of pyridine rings is 1. The van der Waals surface area contributed by atoms with E-state index in [1.165, 1.54) is 11.3 Å². The molecule has 1 rings (SSSR count). The normalized spacial score (nSPS) is 11.0. The van der Waals surface area contributed by atoms with E-state index in [0.29, 0.717) is 12.5 Å². The first-order valence-electron chi connectivity index (χ1n) is 6.63. The van der Waals surface area contributed by atoms with Crippen molar-refractivity contribution in [2.24, 2.45) is 11.7 Å². The van der Waals surface area contributed by atoms with Crippen molar-refractivity contribution in [3.63, 3.8) is 0 Å². The number of anilines is 1. The van der Waals surface area contributed by atoms with Crippen LogP contribution in [0.5, 0.6) is 0 Å². The molecule has 1 aromatic heterocycles. The number of hydrogen-bond donors (Lipinski definition) is 2. The van der Waals surface area contributed by atoms with Crippen molar-refractivity contribution >= 4 is 5.69 Å². The van der Waals surface area contributed by atoms with Crippen LogP contribution in [0.2, 0.25) is 0 Å². The minimum absolute atomic E-state index is 0.619. The Morgan fingerprint density at radius 1 is 1.44 bits per heavy atom.